The van der Waals surface area contributed by atoms with Gasteiger partial charge in [0.15, 0.2) is 0 Å². The summed E-state index contributed by atoms with van der Waals surface area (Å²) in [6.45, 7) is 1.46. The van der Waals surface area contributed by atoms with Gasteiger partial charge in [-0.1, -0.05) is 6.07 Å². The van der Waals surface area contributed by atoms with Gasteiger partial charge in [0, 0.05) is 30.5 Å². The minimum atomic E-state index is -0.630. The van der Waals surface area contributed by atoms with Gasteiger partial charge in [0.1, 0.15) is 17.5 Å². The molecule has 0 bridgehead atoms. The number of benzene rings is 1. The molecule has 1 aromatic heterocycles. The molecule has 3 rings (SSSR count). The first-order valence-corrected chi connectivity index (χ1v) is 7.08. The van der Waals surface area contributed by atoms with Crippen molar-refractivity contribution in [3.63, 3.8) is 0 Å². The van der Waals surface area contributed by atoms with Crippen LogP contribution in [0.2, 0.25) is 0 Å². The fourth-order valence-corrected chi connectivity index (χ4v) is 2.78. The fourth-order valence-electron chi connectivity index (χ4n) is 2.78. The molecule has 0 aliphatic carbocycles. The van der Waals surface area contributed by atoms with Gasteiger partial charge < -0.3 is 25.7 Å². The number of piperazine rings is 1. The van der Waals surface area contributed by atoms with Gasteiger partial charge in [-0.15, -0.1) is 0 Å². The predicted octanol–water partition coefficient (Wildman–Crippen LogP) is 0.0758. The Morgan fingerprint density at radius 2 is 2.23 bits per heavy atom. The second-order valence-electron chi connectivity index (χ2n) is 5.23. The first-order chi connectivity index (χ1) is 10.6. The van der Waals surface area contributed by atoms with Gasteiger partial charge in [0.25, 0.3) is 5.91 Å². The maximum atomic E-state index is 12.7. The SMILES string of the molecule is COc1cccc2[nH]c(C(=O)N3CCNC[C@@H]3C(N)=O)cc12. The molecule has 2 aromatic rings. The second-order valence-corrected chi connectivity index (χ2v) is 5.23. The third-order valence-electron chi connectivity index (χ3n) is 3.91. The molecule has 1 atom stereocenters. The topological polar surface area (TPSA) is 100 Å². The summed E-state index contributed by atoms with van der Waals surface area (Å²) in [6, 6.07) is 6.67. The van der Waals surface area contributed by atoms with Crippen LogP contribution in [0.1, 0.15) is 10.5 Å². The molecule has 7 nitrogen and oxygen atoms in total. The summed E-state index contributed by atoms with van der Waals surface area (Å²) in [4.78, 5) is 28.8. The standard InChI is InChI=1S/C15H18N4O3/c1-22-13-4-2-3-10-9(13)7-11(18-10)15(21)19-6-5-17-8-12(19)14(16)20/h2-4,7,12,17-18H,5-6,8H2,1H3,(H2,16,20)/t12-/m1/s1. The van der Waals surface area contributed by atoms with Crippen molar-refractivity contribution >= 4 is 22.7 Å². The van der Waals surface area contributed by atoms with Crippen LogP contribution in [0.15, 0.2) is 24.3 Å². The molecule has 2 amide bonds. The summed E-state index contributed by atoms with van der Waals surface area (Å²) in [5, 5.41) is 3.90. The van der Waals surface area contributed by atoms with Gasteiger partial charge in [-0.05, 0) is 18.2 Å². The second kappa shape index (κ2) is 5.69. The van der Waals surface area contributed by atoms with Crippen LogP contribution in [0.4, 0.5) is 0 Å². The Balaban J connectivity index is 1.96. The Morgan fingerprint density at radius 3 is 2.95 bits per heavy atom. The molecule has 22 heavy (non-hydrogen) atoms. The number of aromatic amines is 1. The zero-order chi connectivity index (χ0) is 15.7. The van der Waals surface area contributed by atoms with Gasteiger partial charge in [0.2, 0.25) is 5.91 Å². The Bertz CT molecular complexity index is 725. The number of carbonyl (C=O) groups is 2. The van der Waals surface area contributed by atoms with Crippen LogP contribution in [0, 0.1) is 0 Å². The van der Waals surface area contributed by atoms with E-state index in [1.165, 1.54) is 4.90 Å². The number of rotatable bonds is 3. The average Bonchev–Trinajstić information content (AvgIpc) is 2.98. The van der Waals surface area contributed by atoms with E-state index in [0.717, 1.165) is 10.9 Å². The number of hydrogen-bond acceptors (Lipinski definition) is 4. The summed E-state index contributed by atoms with van der Waals surface area (Å²) in [5.74, 6) is -0.0441. The molecule has 1 fully saturated rings. The van der Waals surface area contributed by atoms with Crippen molar-refractivity contribution < 1.29 is 14.3 Å². The summed E-state index contributed by atoms with van der Waals surface area (Å²) >= 11 is 0. The van der Waals surface area contributed by atoms with Gasteiger partial charge in [0.05, 0.1) is 7.11 Å². The van der Waals surface area contributed by atoms with Crippen molar-refractivity contribution in [3.05, 3.63) is 30.0 Å². The highest BCUT2D eigenvalue weighted by Crippen LogP contribution is 2.26. The van der Waals surface area contributed by atoms with Crippen molar-refractivity contribution in [1.29, 1.82) is 0 Å². The van der Waals surface area contributed by atoms with Gasteiger partial charge in [-0.3, -0.25) is 9.59 Å². The highest BCUT2D eigenvalue weighted by Gasteiger charge is 2.31. The number of nitrogens with zero attached hydrogens (tertiary/aromatic N) is 1. The molecule has 4 N–H and O–H groups in total. The molecule has 116 valence electrons. The minimum absolute atomic E-state index is 0.233. The summed E-state index contributed by atoms with van der Waals surface area (Å²) in [7, 11) is 1.59. The summed E-state index contributed by atoms with van der Waals surface area (Å²) in [5.41, 5.74) is 6.63. The molecule has 0 spiro atoms. The van der Waals surface area contributed by atoms with E-state index >= 15 is 0 Å². The number of ether oxygens (including phenoxy) is 1. The number of H-pyrrole nitrogens is 1. The van der Waals surface area contributed by atoms with E-state index in [9.17, 15) is 9.59 Å². The first-order valence-electron chi connectivity index (χ1n) is 7.08. The molecule has 2 heterocycles. The predicted molar refractivity (Wildman–Crippen MR) is 81.7 cm³/mol. The Kier molecular flexibility index (Phi) is 3.72. The van der Waals surface area contributed by atoms with Gasteiger partial charge in [-0.2, -0.15) is 0 Å². The average molecular weight is 302 g/mol. The molecule has 7 heteroatoms. The zero-order valence-electron chi connectivity index (χ0n) is 12.3. The number of carbonyl (C=O) groups excluding carboxylic acids is 2. The molecule has 0 unspecified atom stereocenters. The van der Waals surface area contributed by atoms with Gasteiger partial charge >= 0.3 is 0 Å². The van der Waals surface area contributed by atoms with Crippen LogP contribution in [-0.4, -0.2) is 54.5 Å². The first kappa shape index (κ1) is 14.4. The third-order valence-corrected chi connectivity index (χ3v) is 3.91. The van der Waals surface area contributed by atoms with Crippen LogP contribution in [0.5, 0.6) is 5.75 Å². The number of nitrogens with two attached hydrogens (primary N) is 1. The Hall–Kier alpha value is -2.54. The van der Waals surface area contributed by atoms with Crippen LogP contribution in [-0.2, 0) is 4.79 Å². The molecule has 0 saturated carbocycles. The summed E-state index contributed by atoms with van der Waals surface area (Å²) < 4.78 is 5.30. The normalized spacial score (nSPS) is 18.4. The number of hydrogen-bond donors (Lipinski definition) is 3. The molecule has 1 aliphatic rings. The quantitative estimate of drug-likeness (QED) is 0.747. The molecule has 1 aromatic carbocycles. The number of primary amides is 1. The van der Waals surface area contributed by atoms with E-state index in [1.54, 1.807) is 13.2 Å². The molecular weight excluding hydrogens is 284 g/mol. The van der Waals surface area contributed by atoms with Crippen molar-refractivity contribution in [2.24, 2.45) is 5.73 Å². The lowest BCUT2D eigenvalue weighted by molar-refractivity contribution is -0.122. The van der Waals surface area contributed by atoms with E-state index in [0.29, 0.717) is 31.1 Å². The lowest BCUT2D eigenvalue weighted by Crippen LogP contribution is -2.58. The smallest absolute Gasteiger partial charge is 0.271 e. The van der Waals surface area contributed by atoms with Gasteiger partial charge in [-0.25, -0.2) is 0 Å². The molecular formula is C15H18N4O3. The zero-order valence-corrected chi connectivity index (χ0v) is 12.3. The van der Waals surface area contributed by atoms with Crippen LogP contribution in [0.3, 0.4) is 0 Å². The van der Waals surface area contributed by atoms with Crippen LogP contribution < -0.4 is 15.8 Å². The highest BCUT2D eigenvalue weighted by atomic mass is 16.5. The van der Waals surface area contributed by atoms with E-state index in [2.05, 4.69) is 10.3 Å². The third kappa shape index (κ3) is 2.39. The largest absolute Gasteiger partial charge is 0.496 e. The highest BCUT2D eigenvalue weighted by molar-refractivity contribution is 6.01. The maximum Gasteiger partial charge on any atom is 0.271 e. The van der Waals surface area contributed by atoms with E-state index in [-0.39, 0.29) is 5.91 Å². The van der Waals surface area contributed by atoms with Crippen LogP contribution >= 0.6 is 0 Å². The van der Waals surface area contributed by atoms with E-state index < -0.39 is 11.9 Å². The summed E-state index contributed by atoms with van der Waals surface area (Å²) in [6.07, 6.45) is 0. The minimum Gasteiger partial charge on any atom is -0.496 e. The number of aromatic nitrogens is 1. The Labute approximate surface area is 127 Å². The van der Waals surface area contributed by atoms with E-state index in [4.69, 9.17) is 10.5 Å². The van der Waals surface area contributed by atoms with Crippen molar-refractivity contribution in [3.8, 4) is 5.75 Å². The number of nitrogens with one attached hydrogen (secondary N) is 2. The molecule has 1 aliphatic heterocycles. The molecule has 1 saturated heterocycles. The molecule has 0 radical (unpaired) electrons. The number of fused-ring (bicyclic) bond motifs is 1. The van der Waals surface area contributed by atoms with Crippen molar-refractivity contribution in [2.45, 2.75) is 6.04 Å². The van der Waals surface area contributed by atoms with Crippen LogP contribution in [0.25, 0.3) is 10.9 Å². The number of amides is 2. The lowest BCUT2D eigenvalue weighted by Gasteiger charge is -2.33. The fraction of sp³-hybridized carbons (Fsp3) is 0.333. The monoisotopic (exact) mass is 302 g/mol. The van der Waals surface area contributed by atoms with Crippen molar-refractivity contribution in [2.75, 3.05) is 26.7 Å². The Morgan fingerprint density at radius 1 is 1.41 bits per heavy atom. The lowest BCUT2D eigenvalue weighted by atomic mass is 10.1. The number of methoxy groups -OCH3 is 1. The maximum absolute atomic E-state index is 12.7. The van der Waals surface area contributed by atoms with Crippen molar-refractivity contribution in [1.82, 2.24) is 15.2 Å². The van der Waals surface area contributed by atoms with E-state index in [1.807, 2.05) is 18.2 Å².